The fourth-order valence-electron chi connectivity index (χ4n) is 2.81. The fourth-order valence-corrected chi connectivity index (χ4v) is 3.14. The average Bonchev–Trinajstić information content (AvgIpc) is 2.42. The predicted octanol–water partition coefficient (Wildman–Crippen LogP) is 1.20. The van der Waals surface area contributed by atoms with Crippen LogP contribution in [0.5, 0.6) is 0 Å². The molecule has 5 unspecified atom stereocenters. The van der Waals surface area contributed by atoms with E-state index < -0.39 is 17.9 Å². The Kier molecular flexibility index (Phi) is 4.98. The Balaban J connectivity index is 2.33. The maximum absolute atomic E-state index is 12.0. The number of nitrogens with zero attached hydrogens (tertiary/aromatic N) is 2. The lowest BCUT2D eigenvalue weighted by Crippen LogP contribution is -2.55. The topological polar surface area (TPSA) is 92.5 Å². The Bertz CT molecular complexity index is 457. The fraction of sp³-hybridized carbons (Fsp3) is 0.727. The minimum Gasteiger partial charge on any atom is -0.469 e. The van der Waals surface area contributed by atoms with Crippen LogP contribution >= 0.6 is 23.2 Å². The molecule has 5 atom stereocenters. The molecule has 2 N–H and O–H groups in total. The first-order chi connectivity index (χ1) is 9.49. The maximum atomic E-state index is 12.0. The second-order valence-electron chi connectivity index (χ2n) is 4.86. The third-order valence-corrected chi connectivity index (χ3v) is 4.50. The lowest BCUT2D eigenvalue weighted by molar-refractivity contribution is -0.304. The number of esters is 1. The maximum Gasteiger partial charge on any atom is 0.311 e. The number of rotatable bonds is 3. The Morgan fingerprint density at radius 2 is 2.05 bits per heavy atom. The second kappa shape index (κ2) is 6.36. The van der Waals surface area contributed by atoms with Crippen molar-refractivity contribution in [2.45, 2.75) is 31.5 Å². The summed E-state index contributed by atoms with van der Waals surface area (Å²) < 4.78 is 4.83. The molecule has 2 rings (SSSR count). The molecular formula is C11H15Cl2N3O4. The molecule has 0 aromatic rings. The van der Waals surface area contributed by atoms with Crippen LogP contribution in [0.2, 0.25) is 0 Å². The molecule has 20 heavy (non-hydrogen) atoms. The Morgan fingerprint density at radius 1 is 1.40 bits per heavy atom. The van der Waals surface area contributed by atoms with Gasteiger partial charge in [0.1, 0.15) is 0 Å². The number of hydrogen-bond donors (Lipinski definition) is 2. The van der Waals surface area contributed by atoms with Crippen molar-refractivity contribution in [3.63, 3.8) is 0 Å². The number of carbonyl (C=O) groups excluding carboxylic acids is 1. The van der Waals surface area contributed by atoms with Crippen molar-refractivity contribution < 1.29 is 19.8 Å². The first-order valence-corrected chi connectivity index (χ1v) is 6.86. The third-order valence-electron chi connectivity index (χ3n) is 3.85. The van der Waals surface area contributed by atoms with Gasteiger partial charge in [-0.2, -0.15) is 5.48 Å². The number of halogens is 2. The van der Waals surface area contributed by atoms with Crippen molar-refractivity contribution in [1.29, 1.82) is 0 Å². The number of aliphatic imine (C=N–C) groups is 2. The summed E-state index contributed by atoms with van der Waals surface area (Å²) in [5, 5.41) is 8.79. The van der Waals surface area contributed by atoms with E-state index in [2.05, 4.69) is 20.5 Å². The van der Waals surface area contributed by atoms with Gasteiger partial charge in [0.25, 0.3) is 0 Å². The van der Waals surface area contributed by atoms with E-state index >= 15 is 0 Å². The molecule has 0 amide bonds. The molecule has 2 aliphatic rings. The van der Waals surface area contributed by atoms with Crippen LogP contribution in [0.3, 0.4) is 0 Å². The molecular weight excluding hydrogens is 309 g/mol. The summed E-state index contributed by atoms with van der Waals surface area (Å²) in [6.45, 7) is 1.85. The highest BCUT2D eigenvalue weighted by Gasteiger charge is 2.48. The van der Waals surface area contributed by atoms with Gasteiger partial charge in [-0.25, -0.2) is 5.26 Å². The van der Waals surface area contributed by atoms with Crippen LogP contribution in [0.15, 0.2) is 9.98 Å². The molecule has 1 aliphatic heterocycles. The van der Waals surface area contributed by atoms with Crippen LogP contribution in [0.4, 0.5) is 0 Å². The summed E-state index contributed by atoms with van der Waals surface area (Å²) in [5.41, 5.74) is 2.46. The molecule has 0 radical (unpaired) electrons. The van der Waals surface area contributed by atoms with E-state index in [0.717, 1.165) is 0 Å². The zero-order chi connectivity index (χ0) is 14.9. The van der Waals surface area contributed by atoms with Gasteiger partial charge in [0.15, 0.2) is 10.3 Å². The molecule has 0 saturated heterocycles. The van der Waals surface area contributed by atoms with Crippen molar-refractivity contribution in [3.05, 3.63) is 0 Å². The lowest BCUT2D eigenvalue weighted by Gasteiger charge is -2.42. The van der Waals surface area contributed by atoms with E-state index in [4.69, 9.17) is 33.2 Å². The SMILES string of the molecule is COC(=O)C1C(C)C(NOO)CC2N=C(Cl)C(Cl)=NC21. The number of methoxy groups -OCH3 is 1. The van der Waals surface area contributed by atoms with E-state index in [-0.39, 0.29) is 28.3 Å². The third kappa shape index (κ3) is 2.82. The highest BCUT2D eigenvalue weighted by Crippen LogP contribution is 2.37. The van der Waals surface area contributed by atoms with Crippen LogP contribution in [0, 0.1) is 11.8 Å². The van der Waals surface area contributed by atoms with Crippen molar-refractivity contribution in [2.24, 2.45) is 21.8 Å². The number of ether oxygens (including phenoxy) is 1. The minimum atomic E-state index is -0.548. The Labute approximate surface area is 125 Å². The summed E-state index contributed by atoms with van der Waals surface area (Å²) in [4.78, 5) is 24.5. The Morgan fingerprint density at radius 3 is 2.65 bits per heavy atom. The van der Waals surface area contributed by atoms with Gasteiger partial charge in [-0.1, -0.05) is 30.1 Å². The number of carbonyl (C=O) groups is 1. The van der Waals surface area contributed by atoms with Crippen LogP contribution < -0.4 is 5.48 Å². The van der Waals surface area contributed by atoms with Crippen LogP contribution in [-0.2, 0) is 14.5 Å². The van der Waals surface area contributed by atoms with E-state index in [9.17, 15) is 4.79 Å². The summed E-state index contributed by atoms with van der Waals surface area (Å²) in [6.07, 6.45) is 0.504. The van der Waals surface area contributed by atoms with Gasteiger partial charge in [-0.05, 0) is 12.3 Å². The molecule has 0 aromatic carbocycles. The molecule has 1 fully saturated rings. The summed E-state index contributed by atoms with van der Waals surface area (Å²) in [7, 11) is 1.31. The van der Waals surface area contributed by atoms with Gasteiger partial charge in [0.05, 0.1) is 25.1 Å². The largest absolute Gasteiger partial charge is 0.469 e. The minimum absolute atomic E-state index is 0.0961. The molecule has 1 aliphatic carbocycles. The molecule has 7 nitrogen and oxygen atoms in total. The van der Waals surface area contributed by atoms with E-state index in [1.165, 1.54) is 7.11 Å². The molecule has 0 bridgehead atoms. The zero-order valence-corrected chi connectivity index (χ0v) is 12.4. The molecule has 1 heterocycles. The lowest BCUT2D eigenvalue weighted by atomic mass is 9.71. The van der Waals surface area contributed by atoms with Gasteiger partial charge < -0.3 is 4.74 Å². The quantitative estimate of drug-likeness (QED) is 0.462. The van der Waals surface area contributed by atoms with Crippen molar-refractivity contribution in [3.8, 4) is 0 Å². The van der Waals surface area contributed by atoms with Gasteiger partial charge in [0, 0.05) is 6.04 Å². The van der Waals surface area contributed by atoms with Crippen LogP contribution in [0.1, 0.15) is 13.3 Å². The second-order valence-corrected chi connectivity index (χ2v) is 5.57. The number of fused-ring (bicyclic) bond motifs is 1. The standard InChI is InChI=1S/C11H15Cl2N3O4/c1-4-5(16-20-18)3-6-8(7(4)11(17)19-2)15-10(13)9(12)14-6/h4-8,16,18H,3H2,1-2H3. The summed E-state index contributed by atoms with van der Waals surface area (Å²) in [6, 6.07) is -1.03. The molecule has 0 aromatic heterocycles. The first-order valence-electron chi connectivity index (χ1n) is 6.10. The van der Waals surface area contributed by atoms with E-state index in [1.807, 2.05) is 6.92 Å². The predicted molar refractivity (Wildman–Crippen MR) is 74.1 cm³/mol. The van der Waals surface area contributed by atoms with Gasteiger partial charge in [0.2, 0.25) is 0 Å². The van der Waals surface area contributed by atoms with Crippen molar-refractivity contribution in [2.75, 3.05) is 7.11 Å². The molecule has 9 heteroatoms. The van der Waals surface area contributed by atoms with Gasteiger partial charge in [-0.3, -0.25) is 14.8 Å². The first kappa shape index (κ1) is 15.7. The molecule has 1 saturated carbocycles. The van der Waals surface area contributed by atoms with Gasteiger partial charge >= 0.3 is 5.97 Å². The zero-order valence-electron chi connectivity index (χ0n) is 10.9. The monoisotopic (exact) mass is 323 g/mol. The van der Waals surface area contributed by atoms with Gasteiger partial charge in [-0.15, -0.1) is 4.99 Å². The highest BCUT2D eigenvalue weighted by molar-refractivity contribution is 7.00. The number of nitrogens with one attached hydrogen (secondary N) is 1. The molecule has 112 valence electrons. The smallest absolute Gasteiger partial charge is 0.311 e. The molecule has 0 spiro atoms. The normalized spacial score (nSPS) is 36.8. The Hall–Kier alpha value is -0.730. The summed E-state index contributed by atoms with van der Waals surface area (Å²) >= 11 is 11.8. The average molecular weight is 324 g/mol. The van der Waals surface area contributed by atoms with Crippen molar-refractivity contribution in [1.82, 2.24) is 5.48 Å². The van der Waals surface area contributed by atoms with Crippen molar-refractivity contribution >= 4 is 39.5 Å². The number of hydrogen-bond acceptors (Lipinski definition) is 7. The van der Waals surface area contributed by atoms with E-state index in [0.29, 0.717) is 6.42 Å². The van der Waals surface area contributed by atoms with E-state index in [1.54, 1.807) is 0 Å². The number of hydroxylamine groups is 1. The van der Waals surface area contributed by atoms with Crippen LogP contribution in [-0.4, -0.2) is 46.8 Å². The highest BCUT2D eigenvalue weighted by atomic mass is 35.5. The van der Waals surface area contributed by atoms with Crippen LogP contribution in [0.25, 0.3) is 0 Å². The summed E-state index contributed by atoms with van der Waals surface area (Å²) in [5.74, 6) is -1.14.